The van der Waals surface area contributed by atoms with Crippen LogP contribution >= 0.6 is 22.7 Å². The zero-order valence-electron chi connectivity index (χ0n) is 22.7. The predicted molar refractivity (Wildman–Crippen MR) is 162 cm³/mol. The normalized spacial score (nSPS) is 15.2. The Morgan fingerprint density at radius 3 is 2.77 bits per heavy atom. The average Bonchev–Trinajstić information content (AvgIpc) is 3.61. The highest BCUT2D eigenvalue weighted by Gasteiger charge is 2.26. The minimum Gasteiger partial charge on any atom is -0.507 e. The van der Waals surface area contributed by atoms with Crippen LogP contribution in [-0.2, 0) is 25.8 Å². The summed E-state index contributed by atoms with van der Waals surface area (Å²) in [6.45, 7) is 3.42. The summed E-state index contributed by atoms with van der Waals surface area (Å²) in [6.07, 6.45) is 5.56. The lowest BCUT2D eigenvalue weighted by atomic mass is 9.90. The molecule has 1 amide bonds. The number of hydrogen-bond acceptors (Lipinski definition) is 7. The number of aromatic hydroxyl groups is 1. The molecule has 0 fully saturated rings. The minimum atomic E-state index is -0.256. The van der Waals surface area contributed by atoms with Crippen LogP contribution in [0.2, 0.25) is 0 Å². The van der Waals surface area contributed by atoms with Crippen molar-refractivity contribution in [2.24, 2.45) is 5.92 Å². The van der Waals surface area contributed by atoms with E-state index in [0.717, 1.165) is 66.9 Å². The van der Waals surface area contributed by atoms with Crippen LogP contribution in [-0.4, -0.2) is 28.6 Å². The van der Waals surface area contributed by atoms with Crippen LogP contribution in [0.15, 0.2) is 60.0 Å². The Morgan fingerprint density at radius 1 is 1.20 bits per heavy atom. The summed E-state index contributed by atoms with van der Waals surface area (Å²) in [5, 5.41) is 29.8. The Labute approximate surface area is 243 Å². The number of rotatable bonds is 11. The van der Waals surface area contributed by atoms with E-state index in [1.807, 2.05) is 18.2 Å². The van der Waals surface area contributed by atoms with Crippen molar-refractivity contribution in [3.63, 3.8) is 0 Å². The highest BCUT2D eigenvalue weighted by atomic mass is 32.1. The zero-order valence-corrected chi connectivity index (χ0v) is 24.3. The van der Waals surface area contributed by atoms with Gasteiger partial charge in [0.25, 0.3) is 5.91 Å². The van der Waals surface area contributed by atoms with E-state index in [2.05, 4.69) is 41.1 Å². The number of aromatic nitrogens is 1. The van der Waals surface area contributed by atoms with Gasteiger partial charge in [0, 0.05) is 39.8 Å². The van der Waals surface area contributed by atoms with Crippen molar-refractivity contribution in [3.05, 3.63) is 92.1 Å². The van der Waals surface area contributed by atoms with Gasteiger partial charge in [-0.2, -0.15) is 5.26 Å². The van der Waals surface area contributed by atoms with E-state index in [-0.39, 0.29) is 11.7 Å². The van der Waals surface area contributed by atoms with Crippen molar-refractivity contribution in [2.45, 2.75) is 58.0 Å². The summed E-state index contributed by atoms with van der Waals surface area (Å²) in [4.78, 5) is 19.8. The summed E-state index contributed by atoms with van der Waals surface area (Å²) in [5.74, 6) is 0.0364. The summed E-state index contributed by atoms with van der Waals surface area (Å²) in [5.41, 5.74) is 4.63. The number of benzene rings is 2. The summed E-state index contributed by atoms with van der Waals surface area (Å²) in [7, 11) is 0. The van der Waals surface area contributed by atoms with Gasteiger partial charge in [0.2, 0.25) is 0 Å². The number of nitrogens with one attached hydrogen (secondary N) is 2. The molecule has 206 valence electrons. The molecule has 2 atom stereocenters. The highest BCUT2D eigenvalue weighted by molar-refractivity contribution is 7.13. The van der Waals surface area contributed by atoms with E-state index < -0.39 is 0 Å². The molecule has 2 aromatic carbocycles. The van der Waals surface area contributed by atoms with E-state index in [4.69, 9.17) is 4.98 Å². The quantitative estimate of drug-likeness (QED) is 0.192. The Hall–Kier alpha value is -3.51. The molecule has 0 bridgehead atoms. The van der Waals surface area contributed by atoms with Crippen LogP contribution < -0.4 is 10.6 Å². The highest BCUT2D eigenvalue weighted by Crippen LogP contribution is 2.35. The minimum absolute atomic E-state index is 0.00723. The number of aryl methyl sites for hydroxylation is 1. The number of carbonyl (C=O) groups is 1. The number of phenols is 1. The fourth-order valence-electron chi connectivity index (χ4n) is 5.26. The van der Waals surface area contributed by atoms with Crippen LogP contribution in [0.25, 0.3) is 10.6 Å². The number of carbonyl (C=O) groups excluding carboxylic acids is 1. The molecule has 2 heterocycles. The summed E-state index contributed by atoms with van der Waals surface area (Å²) >= 11 is 3.47. The molecule has 0 saturated carbocycles. The smallest absolute Gasteiger partial charge is 0.255 e. The fourth-order valence-corrected chi connectivity index (χ4v) is 7.48. The Balaban J connectivity index is 1.15. The molecule has 40 heavy (non-hydrogen) atoms. The van der Waals surface area contributed by atoms with Gasteiger partial charge in [-0.15, -0.1) is 22.7 Å². The molecule has 6 nitrogen and oxygen atoms in total. The number of thiazole rings is 1. The summed E-state index contributed by atoms with van der Waals surface area (Å²) in [6, 6.07) is 19.8. The second kappa shape index (κ2) is 13.2. The van der Waals surface area contributed by atoms with Gasteiger partial charge in [0.15, 0.2) is 0 Å². The standard InChI is InChI=1S/C32H34N4O2S2/c1-2-21(18-35-31(38)26-10-6-7-11-28(26)37)12-15-29-27(17-33)25-14-13-23(16-30(25)40-29)34-19-24-20-39-32(36-24)22-8-4-3-5-9-22/h3-11,20-21,23,34,37H,2,12-16,18-19H2,1H3,(H,35,38). The second-order valence-corrected chi connectivity index (χ2v) is 12.3. The lowest BCUT2D eigenvalue weighted by molar-refractivity contribution is 0.0943. The molecule has 0 radical (unpaired) electrons. The lowest BCUT2D eigenvalue weighted by Gasteiger charge is -2.23. The average molecular weight is 571 g/mol. The van der Waals surface area contributed by atoms with Crippen LogP contribution in [0.1, 0.15) is 63.1 Å². The monoisotopic (exact) mass is 570 g/mol. The van der Waals surface area contributed by atoms with Crippen molar-refractivity contribution >= 4 is 28.6 Å². The number of fused-ring (bicyclic) bond motifs is 1. The van der Waals surface area contributed by atoms with Crippen molar-refractivity contribution < 1.29 is 9.90 Å². The number of hydrogen-bond donors (Lipinski definition) is 3. The van der Waals surface area contributed by atoms with E-state index >= 15 is 0 Å². The summed E-state index contributed by atoms with van der Waals surface area (Å²) < 4.78 is 0. The van der Waals surface area contributed by atoms with Gasteiger partial charge in [0.1, 0.15) is 16.8 Å². The van der Waals surface area contributed by atoms with Crippen molar-refractivity contribution in [1.29, 1.82) is 5.26 Å². The predicted octanol–water partition coefficient (Wildman–Crippen LogP) is 6.48. The molecule has 1 aliphatic carbocycles. The lowest BCUT2D eigenvalue weighted by Crippen LogP contribution is -2.33. The molecule has 2 aromatic heterocycles. The van der Waals surface area contributed by atoms with E-state index in [0.29, 0.717) is 24.1 Å². The maximum absolute atomic E-state index is 12.5. The number of phenolic OH excluding ortho intramolecular Hbond substituents is 1. The molecular formula is C32H34N4O2S2. The van der Waals surface area contributed by atoms with E-state index in [1.54, 1.807) is 40.9 Å². The maximum Gasteiger partial charge on any atom is 0.255 e. The third-order valence-electron chi connectivity index (χ3n) is 7.65. The number of nitrogens with zero attached hydrogens (tertiary/aromatic N) is 2. The first-order valence-electron chi connectivity index (χ1n) is 13.9. The Kier molecular flexibility index (Phi) is 9.27. The van der Waals surface area contributed by atoms with Gasteiger partial charge in [-0.3, -0.25) is 4.79 Å². The first kappa shape index (κ1) is 28.0. The molecule has 8 heteroatoms. The molecule has 1 aliphatic rings. The number of thiophene rings is 1. The van der Waals surface area contributed by atoms with Crippen LogP contribution in [0.3, 0.4) is 0 Å². The van der Waals surface area contributed by atoms with Gasteiger partial charge in [-0.25, -0.2) is 4.98 Å². The molecular weight excluding hydrogens is 537 g/mol. The largest absolute Gasteiger partial charge is 0.507 e. The topological polar surface area (TPSA) is 98.0 Å². The fraction of sp³-hybridized carbons (Fsp3) is 0.344. The van der Waals surface area contributed by atoms with Gasteiger partial charge in [-0.1, -0.05) is 55.8 Å². The first-order chi connectivity index (χ1) is 19.6. The third-order valence-corrected chi connectivity index (χ3v) is 9.91. The Morgan fingerprint density at radius 2 is 2.00 bits per heavy atom. The Bertz CT molecular complexity index is 1490. The third kappa shape index (κ3) is 6.61. The molecule has 2 unspecified atom stereocenters. The number of nitriles is 1. The number of amides is 1. The SMILES string of the molecule is CCC(CCc1sc2c(c1C#N)CCC(NCc1csc(-c3ccccc3)n1)C2)CNC(=O)c1ccccc1O. The maximum atomic E-state index is 12.5. The molecule has 0 saturated heterocycles. The van der Waals surface area contributed by atoms with Crippen LogP contribution in [0.5, 0.6) is 5.75 Å². The first-order valence-corrected chi connectivity index (χ1v) is 15.6. The van der Waals surface area contributed by atoms with E-state index in [9.17, 15) is 15.2 Å². The zero-order chi connectivity index (χ0) is 27.9. The molecule has 4 aromatic rings. The molecule has 3 N–H and O–H groups in total. The van der Waals surface area contributed by atoms with Gasteiger partial charge in [0.05, 0.1) is 16.8 Å². The van der Waals surface area contributed by atoms with Crippen LogP contribution in [0, 0.1) is 17.2 Å². The van der Waals surface area contributed by atoms with Gasteiger partial charge < -0.3 is 15.7 Å². The second-order valence-electron chi connectivity index (χ2n) is 10.3. The molecule has 0 aliphatic heterocycles. The van der Waals surface area contributed by atoms with E-state index in [1.165, 1.54) is 21.4 Å². The van der Waals surface area contributed by atoms with Gasteiger partial charge >= 0.3 is 0 Å². The van der Waals surface area contributed by atoms with Gasteiger partial charge in [-0.05, 0) is 55.7 Å². The van der Waals surface area contributed by atoms with Crippen molar-refractivity contribution in [1.82, 2.24) is 15.6 Å². The van der Waals surface area contributed by atoms with Crippen LogP contribution in [0.4, 0.5) is 0 Å². The van der Waals surface area contributed by atoms with Crippen molar-refractivity contribution in [2.75, 3.05) is 6.54 Å². The molecule has 0 spiro atoms. The van der Waals surface area contributed by atoms with Crippen molar-refractivity contribution in [3.8, 4) is 22.4 Å². The molecule has 5 rings (SSSR count). The number of para-hydroxylation sites is 1.